The van der Waals surface area contributed by atoms with Crippen molar-refractivity contribution < 1.29 is 74.9 Å². The molecule has 0 aromatic carbocycles. The van der Waals surface area contributed by atoms with E-state index in [1.807, 2.05) is 6.92 Å². The molecule has 2 bridgehead atoms. The van der Waals surface area contributed by atoms with Crippen molar-refractivity contribution in [3.63, 3.8) is 0 Å². The van der Waals surface area contributed by atoms with Crippen molar-refractivity contribution in [1.82, 2.24) is 14.9 Å². The summed E-state index contributed by atoms with van der Waals surface area (Å²) in [6.45, 7) is 2.02. The Hall–Kier alpha value is -0.984. The first-order chi connectivity index (χ1) is 15.3. The minimum atomic E-state index is -2.83. The number of carbonyl (C=O) groups excluding carboxylic acids is 2. The minimum Gasteiger partial charge on any atom is -0.542 e. The maximum absolute atomic E-state index is 14.1. The van der Waals surface area contributed by atoms with Crippen LogP contribution in [0.25, 0.3) is 10.4 Å². The van der Waals surface area contributed by atoms with Crippen LogP contribution in [0.5, 0.6) is 0 Å². The molecule has 0 spiro atoms. The van der Waals surface area contributed by atoms with Gasteiger partial charge in [-0.2, -0.15) is 0 Å². The van der Waals surface area contributed by atoms with Crippen molar-refractivity contribution in [2.75, 3.05) is 5.32 Å². The number of amides is 1. The summed E-state index contributed by atoms with van der Waals surface area (Å²) in [6.07, 6.45) is 4.97. The number of aromatic carboxylic acids is 1. The van der Waals surface area contributed by atoms with E-state index in [0.717, 1.165) is 44.9 Å². The van der Waals surface area contributed by atoms with E-state index in [2.05, 4.69) is 15.3 Å². The third kappa shape index (κ3) is 4.64. The standard InChI is InChI=1S/C22H24F2N4O3S.K/c1-22(7-2-8-22)27-15-9-13(18(23)24)14(10-25-15)17-16(26-19(32-17)21(30)31)20(29)28-11-3-4-12(28)6-5-11;/h9-12,18H,2-8H2,1H3,(H,25,27)(H,30,31);/q;+1/p-1/t11-,12-;. The van der Waals surface area contributed by atoms with Crippen LogP contribution in [0.4, 0.5) is 14.6 Å². The van der Waals surface area contributed by atoms with Crippen LogP contribution in [-0.2, 0) is 0 Å². The molecule has 5 rings (SSSR count). The zero-order valence-corrected chi connectivity index (χ0v) is 22.5. The van der Waals surface area contributed by atoms with E-state index < -0.39 is 23.3 Å². The van der Waals surface area contributed by atoms with E-state index in [1.165, 1.54) is 12.3 Å². The third-order valence-electron chi connectivity index (χ3n) is 6.99. The molecule has 170 valence electrons. The predicted molar refractivity (Wildman–Crippen MR) is 113 cm³/mol. The summed E-state index contributed by atoms with van der Waals surface area (Å²) in [6, 6.07) is 1.47. The summed E-state index contributed by atoms with van der Waals surface area (Å²) in [4.78, 5) is 35.0. The number of carboxylic acid groups (broad SMARTS) is 1. The molecule has 33 heavy (non-hydrogen) atoms. The van der Waals surface area contributed by atoms with Crippen LogP contribution in [0, 0.1) is 0 Å². The van der Waals surface area contributed by atoms with Crippen molar-refractivity contribution in [3.05, 3.63) is 28.5 Å². The van der Waals surface area contributed by atoms with E-state index in [4.69, 9.17) is 0 Å². The smallest absolute Gasteiger partial charge is 0.542 e. The van der Waals surface area contributed by atoms with Gasteiger partial charge in [0.05, 0.1) is 4.88 Å². The van der Waals surface area contributed by atoms with Crippen LogP contribution in [0.1, 0.15) is 84.1 Å². The molecular formula is C22H23F2KN4O3S. The number of halogens is 2. The maximum Gasteiger partial charge on any atom is 1.00 e. The zero-order valence-electron chi connectivity index (χ0n) is 18.6. The molecule has 3 fully saturated rings. The SMILES string of the molecule is CC1(Nc2cc(C(F)F)c(-c3sc(C(=O)[O-])nc3C(=O)N3[C@H]4CC[C@H]3CC4)cn2)CCC1.[K+]. The van der Waals surface area contributed by atoms with Crippen molar-refractivity contribution in [3.8, 4) is 10.4 Å². The largest absolute Gasteiger partial charge is 1.00 e. The molecule has 1 saturated carbocycles. The number of anilines is 1. The van der Waals surface area contributed by atoms with Gasteiger partial charge < -0.3 is 20.1 Å². The van der Waals surface area contributed by atoms with Crippen molar-refractivity contribution in [1.29, 1.82) is 0 Å². The Morgan fingerprint density at radius 1 is 1.24 bits per heavy atom. The Morgan fingerprint density at radius 2 is 1.88 bits per heavy atom. The Kier molecular flexibility index (Phi) is 7.29. The molecule has 4 heterocycles. The zero-order chi connectivity index (χ0) is 22.6. The van der Waals surface area contributed by atoms with Gasteiger partial charge in [0.2, 0.25) is 0 Å². The molecule has 1 aliphatic carbocycles. The van der Waals surface area contributed by atoms with E-state index in [-0.39, 0.29) is 90.7 Å². The van der Waals surface area contributed by atoms with E-state index >= 15 is 0 Å². The summed E-state index contributed by atoms with van der Waals surface area (Å²) >= 11 is 0.683. The van der Waals surface area contributed by atoms with Crippen LogP contribution in [0.3, 0.4) is 0 Å². The molecule has 1 N–H and O–H groups in total. The summed E-state index contributed by atoms with van der Waals surface area (Å²) in [5, 5.41) is 14.3. The number of hydrogen-bond donors (Lipinski definition) is 1. The summed E-state index contributed by atoms with van der Waals surface area (Å²) in [5.74, 6) is -1.61. The van der Waals surface area contributed by atoms with Gasteiger partial charge >= 0.3 is 51.4 Å². The fourth-order valence-electron chi connectivity index (χ4n) is 5.15. The number of carboxylic acids is 1. The average Bonchev–Trinajstić information content (AvgIpc) is 3.46. The van der Waals surface area contributed by atoms with E-state index in [0.29, 0.717) is 17.2 Å². The van der Waals surface area contributed by atoms with Gasteiger partial charge in [-0.15, -0.1) is 11.3 Å². The number of aromatic nitrogens is 2. The molecule has 11 heteroatoms. The second kappa shape index (κ2) is 9.58. The summed E-state index contributed by atoms with van der Waals surface area (Å²) in [5.41, 5.74) is -0.554. The number of fused-ring (bicyclic) bond motifs is 2. The van der Waals surface area contributed by atoms with E-state index in [9.17, 15) is 23.5 Å². The molecule has 7 nitrogen and oxygen atoms in total. The normalized spacial score (nSPS) is 22.7. The number of rotatable bonds is 6. The fourth-order valence-corrected chi connectivity index (χ4v) is 6.08. The Balaban J connectivity index is 0.00000259. The molecule has 2 aromatic rings. The van der Waals surface area contributed by atoms with Crippen LogP contribution >= 0.6 is 11.3 Å². The monoisotopic (exact) mass is 500 g/mol. The minimum absolute atomic E-state index is 0. The molecular weight excluding hydrogens is 477 g/mol. The van der Waals surface area contributed by atoms with Gasteiger partial charge in [-0.1, -0.05) is 0 Å². The van der Waals surface area contributed by atoms with Crippen molar-refractivity contribution in [2.24, 2.45) is 0 Å². The van der Waals surface area contributed by atoms with Crippen LogP contribution in [-0.4, -0.2) is 44.4 Å². The number of carbonyl (C=O) groups is 2. The Labute approximate surface area is 236 Å². The van der Waals surface area contributed by atoms with Gasteiger partial charge in [-0.05, 0) is 57.9 Å². The first-order valence-electron chi connectivity index (χ1n) is 10.9. The van der Waals surface area contributed by atoms with Gasteiger partial charge in [-0.25, -0.2) is 18.7 Å². The number of pyridine rings is 1. The maximum atomic E-state index is 14.1. The van der Waals surface area contributed by atoms with Gasteiger partial charge in [-0.3, -0.25) is 4.79 Å². The van der Waals surface area contributed by atoms with E-state index in [1.54, 1.807) is 4.90 Å². The average molecular weight is 501 g/mol. The van der Waals surface area contributed by atoms with Crippen LogP contribution in [0.15, 0.2) is 12.3 Å². The molecule has 0 unspecified atom stereocenters. The molecule has 2 saturated heterocycles. The first kappa shape index (κ1) is 25.1. The summed E-state index contributed by atoms with van der Waals surface area (Å²) < 4.78 is 28.1. The van der Waals surface area contributed by atoms with Gasteiger partial charge in [0.15, 0.2) is 0 Å². The Bertz CT molecular complexity index is 1070. The molecule has 1 amide bonds. The van der Waals surface area contributed by atoms with Gasteiger partial charge in [0.25, 0.3) is 12.3 Å². The Morgan fingerprint density at radius 3 is 2.39 bits per heavy atom. The molecule has 2 aromatic heterocycles. The van der Waals surface area contributed by atoms with Crippen molar-refractivity contribution in [2.45, 2.75) is 75.9 Å². The quantitative estimate of drug-likeness (QED) is 0.585. The summed E-state index contributed by atoms with van der Waals surface area (Å²) in [7, 11) is 0. The third-order valence-corrected chi connectivity index (χ3v) is 8.06. The van der Waals surface area contributed by atoms with Gasteiger partial charge in [0.1, 0.15) is 22.5 Å². The second-order valence-corrected chi connectivity index (χ2v) is 10.2. The second-order valence-electron chi connectivity index (χ2n) is 9.16. The van der Waals surface area contributed by atoms with Crippen LogP contribution < -0.4 is 61.8 Å². The van der Waals surface area contributed by atoms with Crippen LogP contribution in [0.2, 0.25) is 0 Å². The topological polar surface area (TPSA) is 98.2 Å². The number of nitrogens with one attached hydrogen (secondary N) is 1. The van der Waals surface area contributed by atoms with Crippen molar-refractivity contribution >= 4 is 29.0 Å². The number of thiazole rings is 1. The first-order valence-corrected chi connectivity index (χ1v) is 11.7. The molecule has 2 aliphatic heterocycles. The predicted octanol–water partition coefficient (Wildman–Crippen LogP) is 0.632. The number of alkyl halides is 2. The fraction of sp³-hybridized carbons (Fsp3) is 0.545. The molecule has 3 aliphatic rings. The molecule has 0 radical (unpaired) electrons. The molecule has 0 atom stereocenters. The number of hydrogen-bond acceptors (Lipinski definition) is 7. The number of nitrogens with zero attached hydrogens (tertiary/aromatic N) is 3. The van der Waals surface area contributed by atoms with Gasteiger partial charge in [0, 0.05) is 34.9 Å².